The van der Waals surface area contributed by atoms with E-state index in [4.69, 9.17) is 33.9 Å². The predicted octanol–water partition coefficient (Wildman–Crippen LogP) is 5.58. The van der Waals surface area contributed by atoms with Crippen LogP contribution in [0.15, 0.2) is 18.3 Å². The number of carbonyl (C=O) groups is 1. The molecule has 2 aliphatic rings. The van der Waals surface area contributed by atoms with Crippen LogP contribution in [0.3, 0.4) is 0 Å². The largest absolute Gasteiger partial charge is 0.392 e. The molecule has 0 saturated heterocycles. The molecule has 5 rings (SSSR count). The van der Waals surface area contributed by atoms with Gasteiger partial charge in [0, 0.05) is 23.0 Å². The summed E-state index contributed by atoms with van der Waals surface area (Å²) in [7, 11) is 0. The van der Waals surface area contributed by atoms with E-state index in [0.29, 0.717) is 55.2 Å². The number of nitrogens with two attached hydrogens (primary N) is 1. The summed E-state index contributed by atoms with van der Waals surface area (Å²) in [5.41, 5.74) is 6.60. The molecule has 2 aromatic heterocycles. The third kappa shape index (κ3) is 5.39. The number of hydrogen-bond acceptors (Lipinski definition) is 7. The Morgan fingerprint density at radius 3 is 2.58 bits per heavy atom. The maximum absolute atomic E-state index is 14.8. The van der Waals surface area contributed by atoms with Crippen LogP contribution < -0.4 is 16.4 Å². The van der Waals surface area contributed by atoms with Gasteiger partial charge in [0.15, 0.2) is 5.65 Å². The number of imidazole rings is 1. The Balaban J connectivity index is 1.49. The van der Waals surface area contributed by atoms with Crippen molar-refractivity contribution in [2.45, 2.75) is 77.0 Å². The number of nitrogens with one attached hydrogen (secondary N) is 2. The molecule has 0 bridgehead atoms. The molecule has 1 aromatic carbocycles. The molecule has 0 spiro atoms. The van der Waals surface area contributed by atoms with E-state index >= 15 is 0 Å². The number of aromatic nitrogens is 4. The lowest BCUT2D eigenvalue weighted by Crippen LogP contribution is -2.41. The van der Waals surface area contributed by atoms with Crippen molar-refractivity contribution in [3.63, 3.8) is 0 Å². The summed E-state index contributed by atoms with van der Waals surface area (Å²) in [4.78, 5) is 25.7. The first kappa shape index (κ1) is 26.9. The van der Waals surface area contributed by atoms with E-state index in [1.807, 2.05) is 4.57 Å². The Bertz CT molecular complexity index is 1330. The minimum Gasteiger partial charge on any atom is -0.392 e. The molecule has 2 aliphatic carbocycles. The summed E-state index contributed by atoms with van der Waals surface area (Å²) in [5.74, 6) is -0.269. The summed E-state index contributed by atoms with van der Waals surface area (Å²) in [6.07, 6.45) is 6.24. The number of nitrogens with zero attached hydrogens (tertiary/aromatic N) is 4. The Morgan fingerprint density at radius 2 is 1.92 bits per heavy atom. The maximum Gasteiger partial charge on any atom is 0.224 e. The first-order chi connectivity index (χ1) is 18.0. The van der Waals surface area contributed by atoms with Crippen molar-refractivity contribution < 1.29 is 14.3 Å². The lowest BCUT2D eigenvalue weighted by molar-refractivity contribution is -0.122. The highest BCUT2D eigenvalue weighted by molar-refractivity contribution is 6.36. The van der Waals surface area contributed by atoms with Gasteiger partial charge in [-0.25, -0.2) is 14.4 Å². The molecule has 12 heteroatoms. The second-order valence-electron chi connectivity index (χ2n) is 11.1. The smallest absolute Gasteiger partial charge is 0.224 e. The normalized spacial score (nSPS) is 25.3. The van der Waals surface area contributed by atoms with Crippen LogP contribution in [0.1, 0.15) is 64.8 Å². The molecular weight excluding hydrogens is 532 g/mol. The number of halogens is 3. The van der Waals surface area contributed by atoms with Crippen molar-refractivity contribution >= 4 is 57.9 Å². The van der Waals surface area contributed by atoms with Crippen LogP contribution in [0.4, 0.5) is 22.0 Å². The van der Waals surface area contributed by atoms with Crippen LogP contribution in [-0.2, 0) is 4.79 Å². The number of anilines is 3. The monoisotopic (exact) mass is 563 g/mol. The summed E-state index contributed by atoms with van der Waals surface area (Å²) in [5, 5.41) is 17.3. The molecule has 9 nitrogen and oxygen atoms in total. The highest BCUT2D eigenvalue weighted by Crippen LogP contribution is 2.39. The predicted molar refractivity (Wildman–Crippen MR) is 146 cm³/mol. The highest BCUT2D eigenvalue weighted by atomic mass is 35.5. The summed E-state index contributed by atoms with van der Waals surface area (Å²) >= 11 is 12.3. The van der Waals surface area contributed by atoms with Crippen molar-refractivity contribution in [1.82, 2.24) is 19.5 Å². The molecule has 5 N–H and O–H groups in total. The van der Waals surface area contributed by atoms with Crippen molar-refractivity contribution in [3.05, 3.63) is 34.2 Å². The summed E-state index contributed by atoms with van der Waals surface area (Å²) < 4.78 is 16.7. The quantitative estimate of drug-likeness (QED) is 0.307. The number of carbonyl (C=O) groups excluding carboxylic acids is 1. The van der Waals surface area contributed by atoms with Gasteiger partial charge in [0.25, 0.3) is 0 Å². The third-order valence-electron chi connectivity index (χ3n) is 8.02. The van der Waals surface area contributed by atoms with E-state index in [9.17, 15) is 14.3 Å². The van der Waals surface area contributed by atoms with E-state index in [1.54, 1.807) is 6.20 Å². The van der Waals surface area contributed by atoms with Crippen LogP contribution in [0, 0.1) is 17.2 Å². The molecule has 1 amide bonds. The van der Waals surface area contributed by atoms with E-state index in [-0.39, 0.29) is 45.1 Å². The Labute approximate surface area is 230 Å². The highest BCUT2D eigenvalue weighted by Gasteiger charge is 2.35. The van der Waals surface area contributed by atoms with Gasteiger partial charge < -0.3 is 21.5 Å². The Hall–Kier alpha value is -2.69. The minimum absolute atomic E-state index is 0.0393. The molecule has 2 heterocycles. The first-order valence-corrected chi connectivity index (χ1v) is 13.7. The molecule has 0 radical (unpaired) electrons. The van der Waals surface area contributed by atoms with Crippen LogP contribution in [-0.4, -0.2) is 42.7 Å². The number of aliphatic hydroxyl groups is 1. The van der Waals surface area contributed by atoms with Crippen LogP contribution >= 0.6 is 23.2 Å². The third-order valence-corrected chi connectivity index (χ3v) is 8.54. The fourth-order valence-corrected chi connectivity index (χ4v) is 6.04. The zero-order valence-corrected chi connectivity index (χ0v) is 22.9. The number of rotatable bonds is 6. The lowest BCUT2D eigenvalue weighted by atomic mass is 9.73. The van der Waals surface area contributed by atoms with E-state index in [2.05, 4.69) is 34.4 Å². The average molecular weight is 564 g/mol. The van der Waals surface area contributed by atoms with Gasteiger partial charge in [-0.15, -0.1) is 0 Å². The van der Waals surface area contributed by atoms with Gasteiger partial charge in [0.05, 0.1) is 23.0 Å². The van der Waals surface area contributed by atoms with Crippen molar-refractivity contribution in [2.24, 2.45) is 17.1 Å². The average Bonchev–Trinajstić information content (AvgIpc) is 3.21. The number of fused-ring (bicyclic) bond motifs is 1. The lowest BCUT2D eigenvalue weighted by Gasteiger charge is -2.39. The van der Waals surface area contributed by atoms with Gasteiger partial charge in [-0.3, -0.25) is 9.36 Å². The van der Waals surface area contributed by atoms with Gasteiger partial charge in [0.2, 0.25) is 17.8 Å². The fourth-order valence-electron chi connectivity index (χ4n) is 5.52. The molecule has 38 heavy (non-hydrogen) atoms. The number of amides is 1. The van der Waals surface area contributed by atoms with E-state index in [1.165, 1.54) is 12.1 Å². The van der Waals surface area contributed by atoms with Crippen molar-refractivity contribution in [1.29, 1.82) is 0 Å². The van der Waals surface area contributed by atoms with Gasteiger partial charge >= 0.3 is 0 Å². The van der Waals surface area contributed by atoms with Crippen LogP contribution in [0.2, 0.25) is 10.0 Å². The zero-order valence-electron chi connectivity index (χ0n) is 21.3. The second-order valence-corrected chi connectivity index (χ2v) is 11.9. The fraction of sp³-hybridized carbons (Fsp3) is 0.538. The van der Waals surface area contributed by atoms with Gasteiger partial charge in [0.1, 0.15) is 11.3 Å². The molecule has 204 valence electrons. The molecule has 2 fully saturated rings. The second kappa shape index (κ2) is 10.5. The zero-order chi connectivity index (χ0) is 27.2. The number of primary amides is 1. The number of benzene rings is 1. The molecule has 3 aromatic rings. The van der Waals surface area contributed by atoms with Crippen LogP contribution in [0.5, 0.6) is 0 Å². The van der Waals surface area contributed by atoms with Crippen LogP contribution in [0.25, 0.3) is 11.2 Å². The molecule has 2 atom stereocenters. The number of aliphatic hydroxyl groups excluding tert-OH is 1. The topological polar surface area (TPSA) is 131 Å². The summed E-state index contributed by atoms with van der Waals surface area (Å²) in [6, 6.07) is 2.63. The first-order valence-electron chi connectivity index (χ1n) is 12.9. The minimum atomic E-state index is -0.606. The molecular formula is C26H32Cl2FN7O2. The molecule has 1 unspecified atom stereocenters. The molecule has 2 saturated carbocycles. The number of hydrogen-bond donors (Lipinski definition) is 4. The van der Waals surface area contributed by atoms with Gasteiger partial charge in [-0.2, -0.15) is 4.98 Å². The Kier molecular flexibility index (Phi) is 7.41. The van der Waals surface area contributed by atoms with Gasteiger partial charge in [-0.05, 0) is 62.5 Å². The molecule has 0 aliphatic heterocycles. The maximum atomic E-state index is 14.8. The van der Waals surface area contributed by atoms with E-state index in [0.717, 1.165) is 12.8 Å². The van der Waals surface area contributed by atoms with E-state index < -0.39 is 11.9 Å². The summed E-state index contributed by atoms with van der Waals surface area (Å²) in [6.45, 7) is 4.15. The Morgan fingerprint density at radius 1 is 1.18 bits per heavy atom. The SMILES string of the molecule is CC1(C)CCC(Nc2ncc3nc(Nc4c(F)cc(Cl)cc4Cl)n([C@H]4CC[C@@H](C(N)=O)CC4)c3n2)C[C@H]1O. The standard InChI is InChI=1S/C26H32Cl2FN7O2/c1-26(2)8-7-15(11-20(26)37)32-24-31-12-19-23(35-24)36(16-5-3-13(4-6-16)22(30)38)25(33-19)34-21-17(28)9-14(27)10-18(21)29/h9-10,12-13,15-16,20,37H,3-8,11H2,1-2H3,(H2,30,38)(H,33,34)(H,31,32,35)/t13-,15?,16+,20-/m1/s1. The van der Waals surface area contributed by atoms with Crippen molar-refractivity contribution in [2.75, 3.05) is 10.6 Å². The van der Waals surface area contributed by atoms with Crippen molar-refractivity contribution in [3.8, 4) is 0 Å². The van der Waals surface area contributed by atoms with Gasteiger partial charge in [-0.1, -0.05) is 37.0 Å².